The van der Waals surface area contributed by atoms with E-state index < -0.39 is 0 Å². The van der Waals surface area contributed by atoms with Gasteiger partial charge in [-0.2, -0.15) is 0 Å². The molecule has 0 heterocycles. The molecule has 0 bridgehead atoms. The third kappa shape index (κ3) is 3.93. The lowest BCUT2D eigenvalue weighted by Gasteiger charge is -2.14. The summed E-state index contributed by atoms with van der Waals surface area (Å²) in [6, 6.07) is 16.3. The summed E-state index contributed by atoms with van der Waals surface area (Å²) >= 11 is 1.74. The maximum absolute atomic E-state index is 6.15. The number of benzene rings is 2. The van der Waals surface area contributed by atoms with E-state index in [4.69, 9.17) is 10.5 Å². The predicted octanol–water partition coefficient (Wildman–Crippen LogP) is 4.35. The average Bonchev–Trinajstić information content (AvgIpc) is 2.40. The summed E-state index contributed by atoms with van der Waals surface area (Å²) in [5.41, 5.74) is 8.18. The van der Waals surface area contributed by atoms with E-state index >= 15 is 0 Å². The van der Waals surface area contributed by atoms with Crippen LogP contribution in [-0.2, 0) is 5.75 Å². The van der Waals surface area contributed by atoms with Gasteiger partial charge < -0.3 is 10.5 Å². The second-order valence-corrected chi connectivity index (χ2v) is 5.63. The monoisotopic (exact) mass is 273 g/mol. The summed E-state index contributed by atoms with van der Waals surface area (Å²) in [6.45, 7) is 4.01. The molecule has 0 fully saturated rings. The van der Waals surface area contributed by atoms with Crippen molar-refractivity contribution in [2.24, 2.45) is 0 Å². The van der Waals surface area contributed by atoms with Crippen molar-refractivity contribution in [3.05, 3.63) is 54.1 Å². The van der Waals surface area contributed by atoms with Crippen LogP contribution in [0, 0.1) is 0 Å². The fourth-order valence-corrected chi connectivity index (χ4v) is 2.69. The van der Waals surface area contributed by atoms with Crippen LogP contribution in [0.1, 0.15) is 19.4 Å². The topological polar surface area (TPSA) is 35.2 Å². The molecule has 0 aromatic heterocycles. The normalized spacial score (nSPS) is 10.7. The fraction of sp³-hybridized carbons (Fsp3) is 0.250. The van der Waals surface area contributed by atoms with Crippen molar-refractivity contribution in [1.29, 1.82) is 0 Å². The van der Waals surface area contributed by atoms with E-state index in [1.165, 1.54) is 5.56 Å². The maximum atomic E-state index is 6.15. The zero-order chi connectivity index (χ0) is 13.7. The van der Waals surface area contributed by atoms with Crippen LogP contribution >= 0.6 is 11.8 Å². The molecule has 0 aliphatic rings. The van der Waals surface area contributed by atoms with Gasteiger partial charge in [0, 0.05) is 10.6 Å². The van der Waals surface area contributed by atoms with Crippen molar-refractivity contribution < 1.29 is 4.74 Å². The van der Waals surface area contributed by atoms with Gasteiger partial charge in [0.15, 0.2) is 0 Å². The highest BCUT2D eigenvalue weighted by Crippen LogP contribution is 2.34. The molecule has 0 unspecified atom stereocenters. The van der Waals surface area contributed by atoms with E-state index in [0.29, 0.717) is 0 Å². The van der Waals surface area contributed by atoms with Gasteiger partial charge in [-0.05, 0) is 31.5 Å². The first-order valence-electron chi connectivity index (χ1n) is 6.38. The molecular weight excluding hydrogens is 254 g/mol. The van der Waals surface area contributed by atoms with Crippen molar-refractivity contribution in [2.45, 2.75) is 30.6 Å². The molecule has 2 aromatic carbocycles. The van der Waals surface area contributed by atoms with E-state index in [9.17, 15) is 0 Å². The molecule has 0 aliphatic heterocycles. The summed E-state index contributed by atoms with van der Waals surface area (Å²) in [5, 5.41) is 0. The number of hydrogen-bond donors (Lipinski definition) is 1. The number of nitrogens with two attached hydrogens (primary N) is 1. The molecule has 2 nitrogen and oxygen atoms in total. The van der Waals surface area contributed by atoms with Crippen LogP contribution in [0.25, 0.3) is 0 Å². The highest BCUT2D eigenvalue weighted by atomic mass is 32.2. The van der Waals surface area contributed by atoms with Crippen LogP contribution in [0.3, 0.4) is 0 Å². The minimum Gasteiger partial charge on any atom is -0.489 e. The summed E-state index contributed by atoms with van der Waals surface area (Å²) in [5.74, 6) is 1.68. The number of anilines is 1. The van der Waals surface area contributed by atoms with E-state index in [1.54, 1.807) is 11.8 Å². The highest BCUT2D eigenvalue weighted by molar-refractivity contribution is 7.98. The Hall–Kier alpha value is -1.61. The highest BCUT2D eigenvalue weighted by Gasteiger charge is 2.08. The van der Waals surface area contributed by atoms with Gasteiger partial charge in [0.2, 0.25) is 0 Å². The van der Waals surface area contributed by atoms with Gasteiger partial charge in [-0.1, -0.05) is 36.4 Å². The SMILES string of the molecule is CC(C)Oc1cccc(SCc2ccccc2)c1N. The quantitative estimate of drug-likeness (QED) is 0.650. The molecule has 3 heteroatoms. The second kappa shape index (κ2) is 6.53. The second-order valence-electron chi connectivity index (χ2n) is 4.61. The van der Waals surface area contributed by atoms with Crippen LogP contribution in [0.5, 0.6) is 5.75 Å². The number of para-hydroxylation sites is 1. The van der Waals surface area contributed by atoms with Crippen molar-refractivity contribution in [2.75, 3.05) is 5.73 Å². The molecular formula is C16H19NOS. The van der Waals surface area contributed by atoms with Crippen molar-refractivity contribution in [1.82, 2.24) is 0 Å². The standard InChI is InChI=1S/C16H19NOS/c1-12(2)18-14-9-6-10-15(16(14)17)19-11-13-7-4-3-5-8-13/h3-10,12H,11,17H2,1-2H3. The Kier molecular flexibility index (Phi) is 4.74. The van der Waals surface area contributed by atoms with Gasteiger partial charge in [0.25, 0.3) is 0 Å². The smallest absolute Gasteiger partial charge is 0.143 e. The first-order chi connectivity index (χ1) is 9.16. The molecule has 0 radical (unpaired) electrons. The molecule has 0 aliphatic carbocycles. The van der Waals surface area contributed by atoms with Crippen molar-refractivity contribution in [3.63, 3.8) is 0 Å². The molecule has 0 atom stereocenters. The third-order valence-corrected chi connectivity index (χ3v) is 3.77. The minimum atomic E-state index is 0.136. The lowest BCUT2D eigenvalue weighted by atomic mass is 10.2. The number of ether oxygens (including phenoxy) is 1. The zero-order valence-electron chi connectivity index (χ0n) is 11.3. The van der Waals surface area contributed by atoms with Gasteiger partial charge in [-0.15, -0.1) is 11.8 Å². The van der Waals surface area contributed by atoms with E-state index in [2.05, 4.69) is 24.3 Å². The summed E-state index contributed by atoms with van der Waals surface area (Å²) < 4.78 is 5.70. The van der Waals surface area contributed by atoms with Crippen molar-refractivity contribution in [3.8, 4) is 5.75 Å². The molecule has 0 spiro atoms. The molecule has 2 rings (SSSR count). The fourth-order valence-electron chi connectivity index (χ4n) is 1.74. The Balaban J connectivity index is 2.08. The maximum Gasteiger partial charge on any atom is 0.143 e. The van der Waals surface area contributed by atoms with E-state index in [0.717, 1.165) is 22.1 Å². The number of thioether (sulfide) groups is 1. The minimum absolute atomic E-state index is 0.136. The third-order valence-electron chi connectivity index (χ3n) is 2.63. The Bertz CT molecular complexity index is 526. The molecule has 100 valence electrons. The van der Waals surface area contributed by atoms with Crippen LogP contribution in [0.4, 0.5) is 5.69 Å². The van der Waals surface area contributed by atoms with E-state index in [1.807, 2.05) is 38.1 Å². The van der Waals surface area contributed by atoms with E-state index in [-0.39, 0.29) is 6.10 Å². The van der Waals surface area contributed by atoms with Crippen LogP contribution in [0.15, 0.2) is 53.4 Å². The Morgan fingerprint density at radius 1 is 1.05 bits per heavy atom. The number of rotatable bonds is 5. The van der Waals surface area contributed by atoms with Crippen LogP contribution in [0.2, 0.25) is 0 Å². The van der Waals surface area contributed by atoms with Crippen LogP contribution in [-0.4, -0.2) is 6.10 Å². The zero-order valence-corrected chi connectivity index (χ0v) is 12.1. The Labute approximate surface area is 119 Å². The largest absolute Gasteiger partial charge is 0.489 e. The van der Waals surface area contributed by atoms with Gasteiger partial charge >= 0.3 is 0 Å². The summed E-state index contributed by atoms with van der Waals surface area (Å²) in [6.07, 6.45) is 0.136. The van der Waals surface area contributed by atoms with Gasteiger partial charge in [0.1, 0.15) is 5.75 Å². The molecule has 2 aromatic rings. The molecule has 0 saturated carbocycles. The van der Waals surface area contributed by atoms with Gasteiger partial charge in [-0.25, -0.2) is 0 Å². The molecule has 0 amide bonds. The Morgan fingerprint density at radius 3 is 2.47 bits per heavy atom. The van der Waals surface area contributed by atoms with Gasteiger partial charge in [-0.3, -0.25) is 0 Å². The first kappa shape index (κ1) is 13.8. The Morgan fingerprint density at radius 2 is 1.79 bits per heavy atom. The molecule has 19 heavy (non-hydrogen) atoms. The predicted molar refractivity (Wildman–Crippen MR) is 82.6 cm³/mol. The molecule has 2 N–H and O–H groups in total. The lowest BCUT2D eigenvalue weighted by Crippen LogP contribution is -2.07. The number of hydrogen-bond acceptors (Lipinski definition) is 3. The van der Waals surface area contributed by atoms with Crippen molar-refractivity contribution >= 4 is 17.4 Å². The first-order valence-corrected chi connectivity index (χ1v) is 7.37. The molecule has 0 saturated heterocycles. The average molecular weight is 273 g/mol. The summed E-state index contributed by atoms with van der Waals surface area (Å²) in [4.78, 5) is 1.07. The van der Waals surface area contributed by atoms with Gasteiger partial charge in [0.05, 0.1) is 11.8 Å². The summed E-state index contributed by atoms with van der Waals surface area (Å²) in [7, 11) is 0. The lowest BCUT2D eigenvalue weighted by molar-refractivity contribution is 0.243. The van der Waals surface area contributed by atoms with Crippen LogP contribution < -0.4 is 10.5 Å². The number of nitrogen functional groups attached to an aromatic ring is 1.